The van der Waals surface area contributed by atoms with Crippen molar-refractivity contribution < 1.29 is 22.8 Å². The molecule has 8 nitrogen and oxygen atoms in total. The van der Waals surface area contributed by atoms with Gasteiger partial charge in [0.1, 0.15) is 11.6 Å². The number of non-ortho nitro benzene ring substituents is 1. The van der Waals surface area contributed by atoms with E-state index in [2.05, 4.69) is 31.3 Å². The van der Waals surface area contributed by atoms with Crippen molar-refractivity contribution in [2.75, 3.05) is 12.4 Å². The zero-order valence-corrected chi connectivity index (χ0v) is 18.2. The number of alkyl halides is 3. The van der Waals surface area contributed by atoms with Crippen LogP contribution in [0.4, 0.5) is 24.7 Å². The summed E-state index contributed by atoms with van der Waals surface area (Å²) in [6, 6.07) is 7.00. The Morgan fingerprint density at radius 2 is 2.00 bits per heavy atom. The van der Waals surface area contributed by atoms with E-state index in [0.717, 1.165) is 12.1 Å². The van der Waals surface area contributed by atoms with Gasteiger partial charge in [0.05, 0.1) is 39.8 Å². The van der Waals surface area contributed by atoms with Crippen LogP contribution in [-0.4, -0.2) is 26.6 Å². The first-order chi connectivity index (χ1) is 15.1. The molecule has 2 aromatic carbocycles. The van der Waals surface area contributed by atoms with Crippen LogP contribution in [-0.2, 0) is 6.18 Å². The van der Waals surface area contributed by atoms with E-state index in [1.807, 2.05) is 0 Å². The number of hydrogen-bond acceptors (Lipinski definition) is 6. The van der Waals surface area contributed by atoms with E-state index in [4.69, 9.17) is 4.74 Å². The third kappa shape index (κ3) is 3.93. The van der Waals surface area contributed by atoms with Crippen molar-refractivity contribution in [1.82, 2.24) is 14.6 Å². The smallest absolute Gasteiger partial charge is 0.416 e. The summed E-state index contributed by atoms with van der Waals surface area (Å²) in [5.41, 5.74) is -0.467. The molecule has 2 heterocycles. The molecule has 166 valence electrons. The topological polar surface area (TPSA) is 94.6 Å². The Morgan fingerprint density at radius 1 is 1.25 bits per heavy atom. The minimum Gasteiger partial charge on any atom is -0.495 e. The summed E-state index contributed by atoms with van der Waals surface area (Å²) in [5.74, 6) is 0.942. The van der Waals surface area contributed by atoms with Crippen LogP contribution >= 0.6 is 15.9 Å². The van der Waals surface area contributed by atoms with E-state index in [9.17, 15) is 23.3 Å². The minimum absolute atomic E-state index is 0.0995. The maximum atomic E-state index is 13.3. The van der Waals surface area contributed by atoms with E-state index >= 15 is 0 Å². The molecule has 1 atom stereocenters. The average Bonchev–Trinajstić information content (AvgIpc) is 3.21. The number of benzene rings is 2. The molecular formula is C20H15BrF3N5O3. The highest BCUT2D eigenvalue weighted by molar-refractivity contribution is 9.10. The quantitative estimate of drug-likeness (QED) is 0.271. The standard InChI is InChI=1S/C20H15BrF3N5O3/c1-10(11-5-12(20(22,23)24)7-13(6-11)29(30)31)26-19-14-8-15(21)17(32-2)9-16(14)28-18(27-19)3-4-25-28/h3-10H,1-2H3,(H,26,27). The predicted octanol–water partition coefficient (Wildman–Crippen LogP) is 5.75. The van der Waals surface area contributed by atoms with Crippen LogP contribution in [0, 0.1) is 10.1 Å². The molecular weight excluding hydrogens is 495 g/mol. The number of hydrogen-bond donors (Lipinski definition) is 1. The molecule has 0 aliphatic carbocycles. The third-order valence-corrected chi connectivity index (χ3v) is 5.55. The highest BCUT2D eigenvalue weighted by Gasteiger charge is 2.33. The van der Waals surface area contributed by atoms with Gasteiger partial charge in [-0.15, -0.1) is 0 Å². The molecule has 2 aromatic heterocycles. The number of methoxy groups -OCH3 is 1. The number of fused-ring (bicyclic) bond motifs is 3. The van der Waals surface area contributed by atoms with E-state index < -0.39 is 28.4 Å². The number of nitro benzene ring substituents is 1. The summed E-state index contributed by atoms with van der Waals surface area (Å²) in [4.78, 5) is 14.9. The number of ether oxygens (including phenoxy) is 1. The Balaban J connectivity index is 1.83. The summed E-state index contributed by atoms with van der Waals surface area (Å²) in [7, 11) is 1.52. The van der Waals surface area contributed by atoms with Gasteiger partial charge in [0.25, 0.3) is 5.69 Å². The van der Waals surface area contributed by atoms with Gasteiger partial charge in [-0.05, 0) is 40.5 Å². The lowest BCUT2D eigenvalue weighted by Gasteiger charge is -2.19. The molecule has 0 aliphatic heterocycles. The highest BCUT2D eigenvalue weighted by atomic mass is 79.9. The van der Waals surface area contributed by atoms with Gasteiger partial charge in [0.2, 0.25) is 0 Å². The van der Waals surface area contributed by atoms with Gasteiger partial charge in [-0.1, -0.05) is 0 Å². The summed E-state index contributed by atoms with van der Waals surface area (Å²) in [6.07, 6.45) is -3.15. The second-order valence-electron chi connectivity index (χ2n) is 7.00. The van der Waals surface area contributed by atoms with Crippen LogP contribution in [0.15, 0.2) is 47.1 Å². The molecule has 0 fully saturated rings. The molecule has 32 heavy (non-hydrogen) atoms. The number of nitro groups is 1. The van der Waals surface area contributed by atoms with Crippen molar-refractivity contribution in [3.05, 3.63) is 68.3 Å². The number of rotatable bonds is 5. The molecule has 4 aromatic rings. The Morgan fingerprint density at radius 3 is 2.66 bits per heavy atom. The molecule has 0 saturated heterocycles. The molecule has 0 amide bonds. The molecule has 1 N–H and O–H groups in total. The van der Waals surface area contributed by atoms with Gasteiger partial charge < -0.3 is 10.1 Å². The normalized spacial score (nSPS) is 12.8. The maximum absolute atomic E-state index is 13.3. The van der Waals surface area contributed by atoms with Crippen molar-refractivity contribution in [2.24, 2.45) is 0 Å². The number of halogens is 4. The first-order valence-corrected chi connectivity index (χ1v) is 10.0. The van der Waals surface area contributed by atoms with Crippen LogP contribution in [0.25, 0.3) is 16.6 Å². The molecule has 0 saturated carbocycles. The van der Waals surface area contributed by atoms with Gasteiger partial charge in [-0.25, -0.2) is 9.50 Å². The SMILES string of the molecule is COc1cc2c(cc1Br)c(NC(C)c1cc([N+](=O)[O-])cc(C(F)(F)F)c1)nc1ccnn12. The van der Waals surface area contributed by atoms with E-state index in [1.165, 1.54) is 7.11 Å². The predicted molar refractivity (Wildman–Crippen MR) is 115 cm³/mol. The number of nitrogens with one attached hydrogen (secondary N) is 1. The van der Waals surface area contributed by atoms with Crippen molar-refractivity contribution >= 4 is 44.0 Å². The number of anilines is 1. The largest absolute Gasteiger partial charge is 0.495 e. The van der Waals surface area contributed by atoms with E-state index in [0.29, 0.717) is 38.7 Å². The van der Waals surface area contributed by atoms with Crippen molar-refractivity contribution in [1.29, 1.82) is 0 Å². The Hall–Kier alpha value is -3.41. The zero-order chi connectivity index (χ0) is 23.2. The fraction of sp³-hybridized carbons (Fsp3) is 0.200. The highest BCUT2D eigenvalue weighted by Crippen LogP contribution is 2.37. The van der Waals surface area contributed by atoms with E-state index in [1.54, 1.807) is 35.8 Å². The molecule has 0 bridgehead atoms. The van der Waals surface area contributed by atoms with Crippen molar-refractivity contribution in [2.45, 2.75) is 19.1 Å². The zero-order valence-electron chi connectivity index (χ0n) is 16.6. The van der Waals surface area contributed by atoms with Crippen LogP contribution in [0.5, 0.6) is 5.75 Å². The fourth-order valence-electron chi connectivity index (χ4n) is 3.36. The van der Waals surface area contributed by atoms with Crippen LogP contribution in [0.2, 0.25) is 0 Å². The molecule has 4 rings (SSSR count). The van der Waals surface area contributed by atoms with Crippen molar-refractivity contribution in [3.8, 4) is 5.75 Å². The minimum atomic E-state index is -4.72. The van der Waals surface area contributed by atoms with E-state index in [-0.39, 0.29) is 5.56 Å². The number of nitrogens with zero attached hydrogens (tertiary/aromatic N) is 4. The molecule has 0 aliphatic rings. The molecule has 12 heteroatoms. The van der Waals surface area contributed by atoms with Gasteiger partial charge in [-0.2, -0.15) is 18.3 Å². The lowest BCUT2D eigenvalue weighted by molar-refractivity contribution is -0.385. The van der Waals surface area contributed by atoms with Gasteiger partial charge in [0, 0.05) is 29.7 Å². The first kappa shape index (κ1) is 21.8. The van der Waals surface area contributed by atoms with Crippen LogP contribution in [0.3, 0.4) is 0 Å². The average molecular weight is 510 g/mol. The Kier molecular flexibility index (Phi) is 5.41. The summed E-state index contributed by atoms with van der Waals surface area (Å²) in [5, 5.41) is 19.2. The Bertz CT molecular complexity index is 1360. The second kappa shape index (κ2) is 7.93. The lowest BCUT2D eigenvalue weighted by atomic mass is 10.0. The fourth-order valence-corrected chi connectivity index (χ4v) is 3.86. The van der Waals surface area contributed by atoms with Crippen LogP contribution in [0.1, 0.15) is 24.1 Å². The lowest BCUT2D eigenvalue weighted by Crippen LogP contribution is -2.13. The Labute approximate surface area is 187 Å². The second-order valence-corrected chi connectivity index (χ2v) is 7.85. The third-order valence-electron chi connectivity index (χ3n) is 4.93. The molecule has 0 radical (unpaired) electrons. The summed E-state index contributed by atoms with van der Waals surface area (Å²) in [6.45, 7) is 1.60. The van der Waals surface area contributed by atoms with Gasteiger partial charge in [-0.3, -0.25) is 10.1 Å². The first-order valence-electron chi connectivity index (χ1n) is 9.22. The molecule has 1 unspecified atom stereocenters. The van der Waals surface area contributed by atoms with Crippen molar-refractivity contribution in [3.63, 3.8) is 0 Å². The van der Waals surface area contributed by atoms with Gasteiger partial charge in [0.15, 0.2) is 5.65 Å². The summed E-state index contributed by atoms with van der Waals surface area (Å²) < 4.78 is 47.4. The maximum Gasteiger partial charge on any atom is 0.416 e. The molecule has 0 spiro atoms. The van der Waals surface area contributed by atoms with Crippen LogP contribution < -0.4 is 10.1 Å². The monoisotopic (exact) mass is 509 g/mol. The summed E-state index contributed by atoms with van der Waals surface area (Å²) >= 11 is 3.42. The number of aromatic nitrogens is 3. The van der Waals surface area contributed by atoms with Gasteiger partial charge >= 0.3 is 6.18 Å².